The van der Waals surface area contributed by atoms with E-state index in [9.17, 15) is 9.59 Å². The number of hydrogen-bond acceptors (Lipinski definition) is 4. The van der Waals surface area contributed by atoms with Crippen LogP contribution in [-0.4, -0.2) is 36.4 Å². The third-order valence-electron chi connectivity index (χ3n) is 4.78. The van der Waals surface area contributed by atoms with Gasteiger partial charge in [0.25, 0.3) is 0 Å². The molecule has 154 valence electrons. The van der Waals surface area contributed by atoms with Gasteiger partial charge in [-0.3, -0.25) is 0 Å². The highest BCUT2D eigenvalue weighted by Crippen LogP contribution is 2.14. The third kappa shape index (κ3) is 6.89. The maximum absolute atomic E-state index is 12.0. The highest BCUT2D eigenvalue weighted by molar-refractivity contribution is 5.87. The van der Waals surface area contributed by atoms with E-state index in [1.54, 1.807) is 12.1 Å². The van der Waals surface area contributed by atoms with Crippen molar-refractivity contribution in [1.29, 1.82) is 0 Å². The Labute approximate surface area is 170 Å². The fraction of sp³-hybridized carbons (Fsp3) is 0.364. The summed E-state index contributed by atoms with van der Waals surface area (Å²) in [4.78, 5) is 22.8. The number of amides is 2. The summed E-state index contributed by atoms with van der Waals surface area (Å²) < 4.78 is 11.2. The van der Waals surface area contributed by atoms with Crippen molar-refractivity contribution in [3.63, 3.8) is 0 Å². The number of urea groups is 1. The van der Waals surface area contributed by atoms with Crippen LogP contribution in [0.5, 0.6) is 0 Å². The van der Waals surface area contributed by atoms with Crippen molar-refractivity contribution >= 4 is 12.0 Å². The molecule has 7 heteroatoms. The van der Waals surface area contributed by atoms with Crippen LogP contribution in [-0.2, 0) is 29.2 Å². The van der Waals surface area contributed by atoms with Gasteiger partial charge in [0.05, 0.1) is 18.3 Å². The summed E-state index contributed by atoms with van der Waals surface area (Å²) in [7, 11) is 0. The number of aromatic carboxylic acids is 1. The quantitative estimate of drug-likeness (QED) is 0.635. The van der Waals surface area contributed by atoms with Crippen LogP contribution in [0, 0.1) is 0 Å². The smallest absolute Gasteiger partial charge is 0.335 e. The molecule has 1 fully saturated rings. The topological polar surface area (TPSA) is 96.9 Å². The summed E-state index contributed by atoms with van der Waals surface area (Å²) >= 11 is 0. The number of hydrogen-bond donors (Lipinski definition) is 3. The molecule has 0 spiro atoms. The lowest BCUT2D eigenvalue weighted by Crippen LogP contribution is -2.34. The molecule has 3 N–H and O–H groups in total. The molecule has 0 bridgehead atoms. The number of carbonyl (C=O) groups is 2. The van der Waals surface area contributed by atoms with Crippen molar-refractivity contribution in [2.75, 3.05) is 13.2 Å². The summed E-state index contributed by atoms with van der Waals surface area (Å²) in [6.45, 7) is 2.87. The van der Waals surface area contributed by atoms with E-state index >= 15 is 0 Å². The van der Waals surface area contributed by atoms with Crippen LogP contribution in [0.2, 0.25) is 0 Å². The van der Waals surface area contributed by atoms with E-state index < -0.39 is 5.97 Å². The van der Waals surface area contributed by atoms with Crippen LogP contribution in [0.15, 0.2) is 48.5 Å². The average Bonchev–Trinajstić information content (AvgIpc) is 2.76. The first-order valence-corrected chi connectivity index (χ1v) is 9.71. The monoisotopic (exact) mass is 398 g/mol. The highest BCUT2D eigenvalue weighted by atomic mass is 16.5. The summed E-state index contributed by atoms with van der Waals surface area (Å²) in [5.74, 6) is -0.969. The number of ether oxygens (including phenoxy) is 2. The summed E-state index contributed by atoms with van der Waals surface area (Å²) in [6.07, 6.45) is 2.16. The van der Waals surface area contributed by atoms with Gasteiger partial charge in [-0.2, -0.15) is 0 Å². The second kappa shape index (κ2) is 10.6. The Morgan fingerprint density at radius 1 is 0.897 bits per heavy atom. The third-order valence-corrected chi connectivity index (χ3v) is 4.78. The van der Waals surface area contributed by atoms with Crippen LogP contribution >= 0.6 is 0 Å². The molecule has 29 heavy (non-hydrogen) atoms. The maximum atomic E-state index is 12.0. The molecular weight excluding hydrogens is 372 g/mol. The minimum atomic E-state index is -0.969. The summed E-state index contributed by atoms with van der Waals surface area (Å²) in [6, 6.07) is 14.1. The van der Waals surface area contributed by atoms with E-state index in [1.165, 1.54) is 12.1 Å². The molecule has 7 nitrogen and oxygen atoms in total. The second-order valence-electron chi connectivity index (χ2n) is 6.98. The van der Waals surface area contributed by atoms with E-state index in [0.717, 1.165) is 42.7 Å². The van der Waals surface area contributed by atoms with E-state index in [0.29, 0.717) is 19.7 Å². The average molecular weight is 398 g/mol. The molecule has 2 aromatic rings. The van der Waals surface area contributed by atoms with Crippen LogP contribution in [0.1, 0.15) is 39.9 Å². The van der Waals surface area contributed by atoms with Crippen molar-refractivity contribution in [3.8, 4) is 0 Å². The SMILES string of the molecule is O=C(NCc1ccc(COC2CCOCC2)cc1)NCc1ccc(C(=O)O)cc1. The fourth-order valence-electron chi connectivity index (χ4n) is 3.00. The lowest BCUT2D eigenvalue weighted by Gasteiger charge is -2.22. The van der Waals surface area contributed by atoms with Gasteiger partial charge in [0.2, 0.25) is 0 Å². The standard InChI is InChI=1S/C22H26N2O5/c25-21(26)19-7-5-17(6-8-19)14-24-22(27)23-13-16-1-3-18(4-2-16)15-29-20-9-11-28-12-10-20/h1-8,20H,9-15H2,(H,25,26)(H2,23,24,27). The van der Waals surface area contributed by atoms with Crippen LogP contribution in [0.3, 0.4) is 0 Å². The Hall–Kier alpha value is -2.90. The predicted molar refractivity (Wildman–Crippen MR) is 108 cm³/mol. The van der Waals surface area contributed by atoms with Gasteiger partial charge in [0.1, 0.15) is 0 Å². The van der Waals surface area contributed by atoms with Crippen molar-refractivity contribution in [3.05, 3.63) is 70.8 Å². The molecule has 1 aliphatic heterocycles. The summed E-state index contributed by atoms with van der Waals surface area (Å²) in [5, 5.41) is 14.5. The van der Waals surface area contributed by atoms with Gasteiger partial charge in [-0.15, -0.1) is 0 Å². The minimum Gasteiger partial charge on any atom is -0.478 e. The van der Waals surface area contributed by atoms with Gasteiger partial charge in [-0.25, -0.2) is 9.59 Å². The molecule has 2 amide bonds. The Kier molecular flexibility index (Phi) is 7.61. The van der Waals surface area contributed by atoms with E-state index in [1.807, 2.05) is 24.3 Å². The molecule has 2 aromatic carbocycles. The molecule has 0 unspecified atom stereocenters. The lowest BCUT2D eigenvalue weighted by molar-refractivity contribution is -0.0390. The zero-order valence-electron chi connectivity index (χ0n) is 16.2. The molecule has 0 radical (unpaired) electrons. The normalized spacial score (nSPS) is 14.3. The predicted octanol–water partition coefficient (Wildman–Crippen LogP) is 3.08. The molecule has 0 atom stereocenters. The van der Waals surface area contributed by atoms with Crippen LogP contribution in [0.25, 0.3) is 0 Å². The number of carbonyl (C=O) groups excluding carboxylic acids is 1. The van der Waals surface area contributed by atoms with E-state index in [4.69, 9.17) is 14.6 Å². The molecule has 3 rings (SSSR count). The number of benzene rings is 2. The number of carboxylic acids is 1. The maximum Gasteiger partial charge on any atom is 0.335 e. The van der Waals surface area contributed by atoms with Crippen molar-refractivity contribution in [1.82, 2.24) is 10.6 Å². The molecule has 0 saturated carbocycles. The minimum absolute atomic E-state index is 0.222. The Morgan fingerprint density at radius 3 is 1.97 bits per heavy atom. The molecule has 1 aliphatic rings. The van der Waals surface area contributed by atoms with E-state index in [-0.39, 0.29) is 17.7 Å². The van der Waals surface area contributed by atoms with E-state index in [2.05, 4.69) is 10.6 Å². The Bertz CT molecular complexity index is 799. The van der Waals surface area contributed by atoms with Gasteiger partial charge < -0.3 is 25.2 Å². The summed E-state index contributed by atoms with van der Waals surface area (Å²) in [5.41, 5.74) is 3.16. The van der Waals surface area contributed by atoms with Gasteiger partial charge in [0.15, 0.2) is 0 Å². The van der Waals surface area contributed by atoms with Crippen molar-refractivity contribution in [2.24, 2.45) is 0 Å². The molecule has 1 saturated heterocycles. The largest absolute Gasteiger partial charge is 0.478 e. The first-order chi connectivity index (χ1) is 14.1. The number of carboxylic acid groups (broad SMARTS) is 1. The molecule has 1 heterocycles. The molecular formula is C22H26N2O5. The molecule has 0 aromatic heterocycles. The zero-order chi connectivity index (χ0) is 20.5. The van der Waals surface area contributed by atoms with Crippen molar-refractivity contribution in [2.45, 2.75) is 38.6 Å². The van der Waals surface area contributed by atoms with Gasteiger partial charge in [-0.1, -0.05) is 36.4 Å². The second-order valence-corrected chi connectivity index (χ2v) is 6.98. The number of nitrogens with one attached hydrogen (secondary N) is 2. The first-order valence-electron chi connectivity index (χ1n) is 9.71. The van der Waals surface area contributed by atoms with Gasteiger partial charge in [-0.05, 0) is 41.7 Å². The Balaban J connectivity index is 1.36. The van der Waals surface area contributed by atoms with Crippen LogP contribution in [0.4, 0.5) is 4.79 Å². The van der Waals surface area contributed by atoms with Gasteiger partial charge >= 0.3 is 12.0 Å². The molecule has 0 aliphatic carbocycles. The first kappa shape index (κ1) is 20.8. The van der Waals surface area contributed by atoms with Crippen molar-refractivity contribution < 1.29 is 24.2 Å². The highest BCUT2D eigenvalue weighted by Gasteiger charge is 2.13. The van der Waals surface area contributed by atoms with Crippen LogP contribution < -0.4 is 10.6 Å². The fourth-order valence-corrected chi connectivity index (χ4v) is 3.00. The Morgan fingerprint density at radius 2 is 1.41 bits per heavy atom. The number of rotatable bonds is 8. The zero-order valence-corrected chi connectivity index (χ0v) is 16.2. The lowest BCUT2D eigenvalue weighted by atomic mass is 10.1. The van der Waals surface area contributed by atoms with Gasteiger partial charge in [0, 0.05) is 26.3 Å².